The molecule has 1 aliphatic heterocycles. The van der Waals surface area contributed by atoms with Gasteiger partial charge in [-0.25, -0.2) is 4.98 Å². The number of nitrogens with one attached hydrogen (secondary N) is 1. The molecule has 1 aliphatic rings. The number of pyridine rings is 2. The van der Waals surface area contributed by atoms with E-state index in [0.717, 1.165) is 69.4 Å². The van der Waals surface area contributed by atoms with Crippen molar-refractivity contribution >= 4 is 44.1 Å². The number of carbonyl (C=O) groups is 1. The number of fused-ring (bicyclic) bond motifs is 2. The first-order valence-corrected chi connectivity index (χ1v) is 12.2. The maximum Gasteiger partial charge on any atom is 0.219 e. The number of piperidine rings is 1. The number of nitrogens with zero attached hydrogens (tertiary/aromatic N) is 5. The molecular formula is C25H24N6O2S. The van der Waals surface area contributed by atoms with Crippen LogP contribution in [0.15, 0.2) is 52.9 Å². The maximum absolute atomic E-state index is 11.6. The summed E-state index contributed by atoms with van der Waals surface area (Å²) < 4.78 is 9.52. The summed E-state index contributed by atoms with van der Waals surface area (Å²) in [5.74, 6) is 1.65. The van der Waals surface area contributed by atoms with Crippen molar-refractivity contribution in [2.45, 2.75) is 25.8 Å². The van der Waals surface area contributed by atoms with Crippen LogP contribution >= 0.6 is 11.3 Å². The Morgan fingerprint density at radius 2 is 2.03 bits per heavy atom. The van der Waals surface area contributed by atoms with Crippen LogP contribution in [0.25, 0.3) is 43.5 Å². The quantitative estimate of drug-likeness (QED) is 0.387. The molecule has 0 spiro atoms. The van der Waals surface area contributed by atoms with Crippen LogP contribution in [0.1, 0.15) is 25.8 Å². The summed E-state index contributed by atoms with van der Waals surface area (Å²) in [7, 11) is 1.85. The number of furan rings is 1. The van der Waals surface area contributed by atoms with Crippen LogP contribution in [0.2, 0.25) is 0 Å². The number of likely N-dealkylation sites (tertiary alicyclic amines) is 1. The number of rotatable bonds is 4. The van der Waals surface area contributed by atoms with Crippen molar-refractivity contribution in [1.29, 1.82) is 0 Å². The largest absolute Gasteiger partial charge is 0.452 e. The first-order chi connectivity index (χ1) is 16.6. The second kappa shape index (κ2) is 8.25. The van der Waals surface area contributed by atoms with E-state index in [2.05, 4.69) is 38.0 Å². The second-order valence-electron chi connectivity index (χ2n) is 8.59. The number of anilines is 1. The van der Waals surface area contributed by atoms with E-state index in [1.165, 1.54) is 0 Å². The molecule has 0 aromatic carbocycles. The number of amides is 1. The molecule has 6 rings (SSSR count). The van der Waals surface area contributed by atoms with Crippen LogP contribution in [-0.2, 0) is 4.79 Å². The van der Waals surface area contributed by atoms with Crippen LogP contribution in [0.3, 0.4) is 0 Å². The highest BCUT2D eigenvalue weighted by molar-refractivity contribution is 7.17. The molecule has 9 heteroatoms. The first-order valence-electron chi connectivity index (χ1n) is 11.3. The van der Waals surface area contributed by atoms with Gasteiger partial charge in [-0.05, 0) is 25.0 Å². The topological polar surface area (TPSA) is 89.1 Å². The summed E-state index contributed by atoms with van der Waals surface area (Å²) in [6.45, 7) is 3.18. The Morgan fingerprint density at radius 3 is 2.82 bits per heavy atom. The van der Waals surface area contributed by atoms with E-state index in [4.69, 9.17) is 4.42 Å². The molecule has 5 aromatic heterocycles. The Bertz CT molecular complexity index is 1510. The fourth-order valence-electron chi connectivity index (χ4n) is 4.76. The van der Waals surface area contributed by atoms with Gasteiger partial charge in [0.15, 0.2) is 11.4 Å². The minimum atomic E-state index is 0.142. The number of thiophene rings is 1. The zero-order chi connectivity index (χ0) is 23.2. The van der Waals surface area contributed by atoms with E-state index in [9.17, 15) is 4.79 Å². The van der Waals surface area contributed by atoms with Crippen LogP contribution in [0, 0.1) is 0 Å². The van der Waals surface area contributed by atoms with Crippen molar-refractivity contribution in [3.05, 3.63) is 48.5 Å². The summed E-state index contributed by atoms with van der Waals surface area (Å²) in [6.07, 6.45) is 11.4. The van der Waals surface area contributed by atoms with Gasteiger partial charge in [0.2, 0.25) is 5.91 Å². The molecule has 5 aromatic rings. The van der Waals surface area contributed by atoms with Gasteiger partial charge in [-0.3, -0.25) is 14.5 Å². The van der Waals surface area contributed by atoms with Crippen LogP contribution in [-0.4, -0.2) is 50.7 Å². The lowest BCUT2D eigenvalue weighted by Gasteiger charge is -2.31. The standard InChI is InChI=1S/C25H24N6O2S/c1-15(32)30-7-4-17(5-8-30)31-13-16(10-29-31)20-11-28-25(26-2)24-19(20)9-22(33-24)21-14-34-23-12-27-6-3-18(21)23/h3,6,9-14,17H,4-5,7-8H2,1-2H3,(H,26,28). The Kier molecular flexibility index (Phi) is 5.06. The summed E-state index contributed by atoms with van der Waals surface area (Å²) in [5, 5.41) is 12.1. The van der Waals surface area contributed by atoms with Crippen LogP contribution < -0.4 is 5.32 Å². The molecule has 1 saturated heterocycles. The molecule has 34 heavy (non-hydrogen) atoms. The molecule has 8 nitrogen and oxygen atoms in total. The summed E-state index contributed by atoms with van der Waals surface area (Å²) in [4.78, 5) is 22.4. The summed E-state index contributed by atoms with van der Waals surface area (Å²) in [5.41, 5.74) is 3.77. The van der Waals surface area contributed by atoms with Crippen LogP contribution in [0.5, 0.6) is 0 Å². The van der Waals surface area contributed by atoms with Crippen molar-refractivity contribution in [3.63, 3.8) is 0 Å². The number of aromatic nitrogens is 4. The van der Waals surface area contributed by atoms with Gasteiger partial charge in [-0.1, -0.05) is 0 Å². The van der Waals surface area contributed by atoms with E-state index in [0.29, 0.717) is 5.82 Å². The Balaban J connectivity index is 1.39. The molecule has 0 atom stereocenters. The number of hydrogen-bond acceptors (Lipinski definition) is 7. The van der Waals surface area contributed by atoms with Gasteiger partial charge in [0.25, 0.3) is 0 Å². The van der Waals surface area contributed by atoms with Crippen molar-refractivity contribution in [1.82, 2.24) is 24.6 Å². The Labute approximate surface area is 200 Å². The van der Waals surface area contributed by atoms with Gasteiger partial charge >= 0.3 is 0 Å². The molecule has 1 fully saturated rings. The molecule has 6 heterocycles. The monoisotopic (exact) mass is 472 g/mol. The minimum absolute atomic E-state index is 0.142. The maximum atomic E-state index is 11.6. The normalized spacial score (nSPS) is 14.8. The number of carbonyl (C=O) groups excluding carboxylic acids is 1. The minimum Gasteiger partial charge on any atom is -0.452 e. The zero-order valence-electron chi connectivity index (χ0n) is 19.0. The Hall–Kier alpha value is -3.72. The van der Waals surface area contributed by atoms with Gasteiger partial charge in [-0.15, -0.1) is 11.3 Å². The molecule has 0 unspecified atom stereocenters. The molecule has 172 valence electrons. The number of hydrogen-bond donors (Lipinski definition) is 1. The lowest BCUT2D eigenvalue weighted by Crippen LogP contribution is -2.37. The predicted octanol–water partition coefficient (Wildman–Crippen LogP) is 5.19. The molecular weight excluding hydrogens is 448 g/mol. The van der Waals surface area contributed by atoms with Crippen molar-refractivity contribution in [2.24, 2.45) is 0 Å². The Morgan fingerprint density at radius 1 is 1.18 bits per heavy atom. The highest BCUT2D eigenvalue weighted by Gasteiger charge is 2.23. The lowest BCUT2D eigenvalue weighted by molar-refractivity contribution is -0.130. The third kappa shape index (κ3) is 3.43. The van der Waals surface area contributed by atoms with Gasteiger partial charge < -0.3 is 14.6 Å². The van der Waals surface area contributed by atoms with Crippen molar-refractivity contribution in [3.8, 4) is 22.5 Å². The molecule has 0 radical (unpaired) electrons. The molecule has 1 N–H and O–H groups in total. The molecule has 0 bridgehead atoms. The summed E-state index contributed by atoms with van der Waals surface area (Å²) >= 11 is 1.66. The smallest absolute Gasteiger partial charge is 0.219 e. The van der Waals surface area contributed by atoms with Gasteiger partial charge in [0.05, 0.1) is 16.9 Å². The predicted molar refractivity (Wildman–Crippen MR) is 134 cm³/mol. The molecule has 0 aliphatic carbocycles. The van der Waals surface area contributed by atoms with E-state index in [-0.39, 0.29) is 11.9 Å². The lowest BCUT2D eigenvalue weighted by atomic mass is 10.0. The fraction of sp³-hybridized carbons (Fsp3) is 0.280. The highest BCUT2D eigenvalue weighted by Crippen LogP contribution is 2.41. The van der Waals surface area contributed by atoms with Gasteiger partial charge in [0, 0.05) is 84.7 Å². The SMILES string of the molecule is CNc1ncc(-c2cnn(C3CCN(C(C)=O)CC3)c2)c2cc(-c3csc4cnccc34)oc12. The second-order valence-corrected chi connectivity index (χ2v) is 9.50. The van der Waals surface area contributed by atoms with E-state index in [1.807, 2.05) is 47.5 Å². The fourth-order valence-corrected chi connectivity index (χ4v) is 5.67. The third-order valence-corrected chi connectivity index (χ3v) is 7.57. The van der Waals surface area contributed by atoms with Crippen molar-refractivity contribution < 1.29 is 9.21 Å². The molecule has 0 saturated carbocycles. The van der Waals surface area contributed by atoms with Gasteiger partial charge in [-0.2, -0.15) is 5.10 Å². The zero-order valence-corrected chi connectivity index (χ0v) is 19.8. The molecule has 1 amide bonds. The first kappa shape index (κ1) is 20.9. The van der Waals surface area contributed by atoms with E-state index >= 15 is 0 Å². The van der Waals surface area contributed by atoms with Crippen molar-refractivity contribution in [2.75, 3.05) is 25.5 Å². The average molecular weight is 473 g/mol. The third-order valence-electron chi connectivity index (χ3n) is 6.64. The highest BCUT2D eigenvalue weighted by atomic mass is 32.1. The van der Waals surface area contributed by atoms with E-state index in [1.54, 1.807) is 18.3 Å². The average Bonchev–Trinajstić information content (AvgIpc) is 3.61. The summed E-state index contributed by atoms with van der Waals surface area (Å²) in [6, 6.07) is 4.40. The van der Waals surface area contributed by atoms with E-state index < -0.39 is 0 Å². The van der Waals surface area contributed by atoms with Gasteiger partial charge in [0.1, 0.15) is 5.76 Å². The van der Waals surface area contributed by atoms with Crippen LogP contribution in [0.4, 0.5) is 5.82 Å².